The van der Waals surface area contributed by atoms with Crippen LogP contribution in [-0.4, -0.2) is 27.1 Å². The minimum Gasteiger partial charge on any atom is -0.330 e. The first-order valence-electron chi connectivity index (χ1n) is 7.45. The smallest absolute Gasteiger partial charge is 0.330 e. The van der Waals surface area contributed by atoms with Gasteiger partial charge in [-0.25, -0.2) is 4.39 Å². The van der Waals surface area contributed by atoms with Gasteiger partial charge in [0, 0.05) is 19.7 Å². The number of carbonyl (C=O) groups excluding carboxylic acids is 1. The quantitative estimate of drug-likeness (QED) is 0.784. The van der Waals surface area contributed by atoms with E-state index in [4.69, 9.17) is 0 Å². The van der Waals surface area contributed by atoms with E-state index in [2.05, 4.69) is 5.10 Å². The standard InChI is InChI=1S/C16H15F4N3O/c1-22-13(9-14(21-22)16(18,19)20)15(24)23-7-3-6-12(23)10-4-2-5-11(17)8-10/h2,4-5,8-9,12H,3,6-7H2,1H3. The summed E-state index contributed by atoms with van der Waals surface area (Å²) in [5.74, 6) is -0.945. The number of aryl methyl sites for hydroxylation is 1. The summed E-state index contributed by atoms with van der Waals surface area (Å²) < 4.78 is 52.7. The molecule has 1 amide bonds. The van der Waals surface area contributed by atoms with Gasteiger partial charge in [-0.1, -0.05) is 12.1 Å². The zero-order chi connectivity index (χ0) is 17.5. The van der Waals surface area contributed by atoms with E-state index in [0.29, 0.717) is 24.9 Å². The molecule has 0 N–H and O–H groups in total. The number of rotatable bonds is 2. The maximum Gasteiger partial charge on any atom is 0.435 e. The summed E-state index contributed by atoms with van der Waals surface area (Å²) in [7, 11) is 1.30. The normalized spacial score (nSPS) is 18.2. The molecule has 0 aliphatic carbocycles. The summed E-state index contributed by atoms with van der Waals surface area (Å²) >= 11 is 0. The molecule has 8 heteroatoms. The Labute approximate surface area is 135 Å². The van der Waals surface area contributed by atoms with Crippen LogP contribution in [0.1, 0.15) is 40.6 Å². The van der Waals surface area contributed by atoms with E-state index < -0.39 is 23.6 Å². The molecule has 4 nitrogen and oxygen atoms in total. The van der Waals surface area contributed by atoms with Crippen molar-refractivity contribution in [1.82, 2.24) is 14.7 Å². The van der Waals surface area contributed by atoms with E-state index in [1.165, 1.54) is 24.1 Å². The van der Waals surface area contributed by atoms with Crippen LogP contribution < -0.4 is 0 Å². The van der Waals surface area contributed by atoms with E-state index in [1.807, 2.05) is 0 Å². The minimum absolute atomic E-state index is 0.134. The molecule has 1 aromatic carbocycles. The molecule has 1 saturated heterocycles. The number of nitrogens with zero attached hydrogens (tertiary/aromatic N) is 3. The van der Waals surface area contributed by atoms with Gasteiger partial charge in [0.05, 0.1) is 6.04 Å². The first kappa shape index (κ1) is 16.5. The van der Waals surface area contributed by atoms with Crippen LogP contribution >= 0.6 is 0 Å². The van der Waals surface area contributed by atoms with Crippen LogP contribution in [0.2, 0.25) is 0 Å². The van der Waals surface area contributed by atoms with E-state index in [-0.39, 0.29) is 11.7 Å². The molecule has 1 aliphatic heterocycles. The van der Waals surface area contributed by atoms with Crippen molar-refractivity contribution in [2.24, 2.45) is 7.05 Å². The lowest BCUT2D eigenvalue weighted by molar-refractivity contribution is -0.141. The maximum absolute atomic E-state index is 13.4. The van der Waals surface area contributed by atoms with Gasteiger partial charge in [0.15, 0.2) is 5.69 Å². The summed E-state index contributed by atoms with van der Waals surface area (Å²) in [4.78, 5) is 14.2. The van der Waals surface area contributed by atoms with Crippen LogP contribution in [0, 0.1) is 5.82 Å². The first-order chi connectivity index (χ1) is 11.3. The second-order valence-corrected chi connectivity index (χ2v) is 5.75. The fourth-order valence-electron chi connectivity index (χ4n) is 3.02. The Bertz CT molecular complexity index is 769. The Morgan fingerprint density at radius 3 is 2.67 bits per heavy atom. The average molecular weight is 341 g/mol. The molecule has 2 heterocycles. The molecule has 0 saturated carbocycles. The molecule has 3 rings (SSSR count). The van der Waals surface area contributed by atoms with Crippen LogP contribution in [0.3, 0.4) is 0 Å². The molecular weight excluding hydrogens is 326 g/mol. The number of carbonyl (C=O) groups is 1. The highest BCUT2D eigenvalue weighted by Gasteiger charge is 2.37. The molecule has 0 spiro atoms. The fourth-order valence-corrected chi connectivity index (χ4v) is 3.02. The molecule has 1 aliphatic rings. The zero-order valence-electron chi connectivity index (χ0n) is 12.8. The number of hydrogen-bond donors (Lipinski definition) is 0. The lowest BCUT2D eigenvalue weighted by atomic mass is 10.0. The third-order valence-electron chi connectivity index (χ3n) is 4.14. The number of benzene rings is 1. The predicted molar refractivity (Wildman–Crippen MR) is 77.6 cm³/mol. The molecule has 128 valence electrons. The summed E-state index contributed by atoms with van der Waals surface area (Å²) in [5.41, 5.74) is -0.598. The Morgan fingerprint density at radius 1 is 1.29 bits per heavy atom. The molecule has 1 atom stereocenters. The van der Waals surface area contributed by atoms with Gasteiger partial charge in [-0.15, -0.1) is 0 Å². The summed E-state index contributed by atoms with van der Waals surface area (Å²) in [5, 5.41) is 3.37. The van der Waals surface area contributed by atoms with Gasteiger partial charge < -0.3 is 4.90 Å². The highest BCUT2D eigenvalue weighted by atomic mass is 19.4. The van der Waals surface area contributed by atoms with Crippen LogP contribution in [0.15, 0.2) is 30.3 Å². The van der Waals surface area contributed by atoms with Gasteiger partial charge in [-0.05, 0) is 30.5 Å². The Balaban J connectivity index is 1.90. The summed E-state index contributed by atoms with van der Waals surface area (Å²) in [6.45, 7) is 0.409. The number of amides is 1. The van der Waals surface area contributed by atoms with E-state index >= 15 is 0 Å². The first-order valence-corrected chi connectivity index (χ1v) is 7.45. The summed E-state index contributed by atoms with van der Waals surface area (Å²) in [6, 6.07) is 6.32. The van der Waals surface area contributed by atoms with Gasteiger partial charge >= 0.3 is 6.18 Å². The third kappa shape index (κ3) is 3.00. The van der Waals surface area contributed by atoms with Crippen molar-refractivity contribution in [1.29, 1.82) is 0 Å². The van der Waals surface area contributed by atoms with Gasteiger partial charge in [0.25, 0.3) is 5.91 Å². The highest BCUT2D eigenvalue weighted by molar-refractivity contribution is 5.93. The number of hydrogen-bond acceptors (Lipinski definition) is 2. The third-order valence-corrected chi connectivity index (χ3v) is 4.14. The molecule has 1 fully saturated rings. The molecule has 0 radical (unpaired) electrons. The number of halogens is 4. The number of aromatic nitrogens is 2. The zero-order valence-corrected chi connectivity index (χ0v) is 12.8. The molecular formula is C16H15F4N3O. The van der Waals surface area contributed by atoms with Crippen molar-refractivity contribution in [3.63, 3.8) is 0 Å². The van der Waals surface area contributed by atoms with Gasteiger partial charge in [-0.2, -0.15) is 18.3 Å². The van der Waals surface area contributed by atoms with Crippen molar-refractivity contribution >= 4 is 5.91 Å². The van der Waals surface area contributed by atoms with Gasteiger partial charge in [0.1, 0.15) is 11.5 Å². The van der Waals surface area contributed by atoms with Crippen LogP contribution in [0.25, 0.3) is 0 Å². The van der Waals surface area contributed by atoms with Crippen LogP contribution in [0.5, 0.6) is 0 Å². The second kappa shape index (κ2) is 5.92. The van der Waals surface area contributed by atoms with Crippen molar-refractivity contribution in [2.75, 3.05) is 6.54 Å². The minimum atomic E-state index is -4.61. The van der Waals surface area contributed by atoms with Gasteiger partial charge in [0.2, 0.25) is 0 Å². The second-order valence-electron chi connectivity index (χ2n) is 5.75. The predicted octanol–water partition coefficient (Wildman–Crippen LogP) is 3.56. The van der Waals surface area contributed by atoms with Crippen molar-refractivity contribution in [2.45, 2.75) is 25.1 Å². The Kier molecular flexibility index (Phi) is 4.06. The van der Waals surface area contributed by atoms with Crippen LogP contribution in [0.4, 0.5) is 17.6 Å². The lowest BCUT2D eigenvalue weighted by Crippen LogP contribution is -2.32. The fraction of sp³-hybridized carbons (Fsp3) is 0.375. The van der Waals surface area contributed by atoms with E-state index in [1.54, 1.807) is 12.1 Å². The topological polar surface area (TPSA) is 38.1 Å². The van der Waals surface area contributed by atoms with Crippen LogP contribution in [-0.2, 0) is 13.2 Å². The molecule has 1 aromatic heterocycles. The van der Waals surface area contributed by atoms with Crippen molar-refractivity contribution < 1.29 is 22.4 Å². The Morgan fingerprint density at radius 2 is 2.04 bits per heavy atom. The van der Waals surface area contributed by atoms with E-state index in [9.17, 15) is 22.4 Å². The number of likely N-dealkylation sites (tertiary alicyclic amines) is 1. The molecule has 0 bridgehead atoms. The average Bonchev–Trinajstić information content (AvgIpc) is 3.12. The summed E-state index contributed by atoms with van der Waals surface area (Å²) in [6.07, 6.45) is -3.26. The van der Waals surface area contributed by atoms with E-state index in [0.717, 1.165) is 10.7 Å². The largest absolute Gasteiger partial charge is 0.435 e. The molecule has 24 heavy (non-hydrogen) atoms. The lowest BCUT2D eigenvalue weighted by Gasteiger charge is -2.25. The highest BCUT2D eigenvalue weighted by Crippen LogP contribution is 2.34. The Hall–Kier alpha value is -2.38. The SMILES string of the molecule is Cn1nc(C(F)(F)F)cc1C(=O)N1CCCC1c1cccc(F)c1. The molecule has 2 aromatic rings. The van der Waals surface area contributed by atoms with Crippen molar-refractivity contribution in [3.8, 4) is 0 Å². The van der Waals surface area contributed by atoms with Crippen molar-refractivity contribution in [3.05, 3.63) is 53.1 Å². The van der Waals surface area contributed by atoms with Gasteiger partial charge in [-0.3, -0.25) is 9.48 Å². The maximum atomic E-state index is 13.4. The monoisotopic (exact) mass is 341 g/mol. The molecule has 1 unspecified atom stereocenters. The number of alkyl halides is 3.